The first-order valence-electron chi connectivity index (χ1n) is 11.3. The van der Waals surface area contributed by atoms with Gasteiger partial charge in [-0.2, -0.15) is 0 Å². The Labute approximate surface area is 205 Å². The maximum absolute atomic E-state index is 12.9. The molecule has 1 amide bonds. The predicted molar refractivity (Wildman–Crippen MR) is 124 cm³/mol. The van der Waals surface area contributed by atoms with Crippen LogP contribution in [0.25, 0.3) is 0 Å². The van der Waals surface area contributed by atoms with Crippen LogP contribution in [0.15, 0.2) is 30.3 Å². The fraction of sp³-hybridized carbons (Fsp3) is 0.417. The van der Waals surface area contributed by atoms with Crippen LogP contribution in [0.4, 0.5) is 16.2 Å². The lowest BCUT2D eigenvalue weighted by Gasteiger charge is -2.52. The van der Waals surface area contributed by atoms with Crippen molar-refractivity contribution in [3.63, 3.8) is 0 Å². The van der Waals surface area contributed by atoms with Gasteiger partial charge in [0.2, 0.25) is 17.2 Å². The number of hydrogen-bond acceptors (Lipinski definition) is 10. The van der Waals surface area contributed by atoms with Crippen LogP contribution in [0, 0.1) is 10.1 Å². The summed E-state index contributed by atoms with van der Waals surface area (Å²) in [4.78, 5) is 38.0. The van der Waals surface area contributed by atoms with Crippen molar-refractivity contribution in [3.05, 3.63) is 51.6 Å². The molecule has 3 atom stereocenters. The van der Waals surface area contributed by atoms with Gasteiger partial charge < -0.3 is 29.4 Å². The number of fused-ring (bicyclic) bond motifs is 2. The van der Waals surface area contributed by atoms with Gasteiger partial charge in [0, 0.05) is 24.2 Å². The van der Waals surface area contributed by atoms with Crippen LogP contribution in [0.3, 0.4) is 0 Å². The number of likely N-dealkylation sites (tertiary alicyclic amines) is 1. The monoisotopic (exact) mass is 499 g/mol. The Kier molecular flexibility index (Phi) is 5.34. The van der Waals surface area contributed by atoms with Crippen LogP contribution in [-0.2, 0) is 19.7 Å². The average molecular weight is 499 g/mol. The summed E-state index contributed by atoms with van der Waals surface area (Å²) in [5.41, 5.74) is -1.07. The van der Waals surface area contributed by atoms with Gasteiger partial charge in [-0.15, -0.1) is 0 Å². The van der Waals surface area contributed by atoms with Crippen LogP contribution in [0.2, 0.25) is 0 Å². The number of anilines is 1. The molecule has 1 saturated heterocycles. The lowest BCUT2D eigenvalue weighted by Crippen LogP contribution is -2.71. The summed E-state index contributed by atoms with van der Waals surface area (Å²) >= 11 is 0. The third kappa shape index (κ3) is 2.87. The summed E-state index contributed by atoms with van der Waals surface area (Å²) in [6, 6.07) is 8.05. The van der Waals surface area contributed by atoms with Crippen LogP contribution in [0.5, 0.6) is 17.2 Å². The molecule has 0 bridgehead atoms. The topological polar surface area (TPSA) is 150 Å². The Hall–Kier alpha value is -4.22. The van der Waals surface area contributed by atoms with E-state index in [0.29, 0.717) is 12.0 Å². The first-order chi connectivity index (χ1) is 17.3. The summed E-state index contributed by atoms with van der Waals surface area (Å²) in [6.07, 6.45) is -0.243. The largest absolute Gasteiger partial charge is 0.504 e. The number of nitrogens with one attached hydrogen (secondary N) is 1. The molecule has 0 aromatic heterocycles. The number of nitro groups is 1. The summed E-state index contributed by atoms with van der Waals surface area (Å²) in [5, 5.41) is 26.3. The van der Waals surface area contributed by atoms with Crippen molar-refractivity contribution in [2.75, 3.05) is 33.2 Å². The molecule has 2 aromatic carbocycles. The van der Waals surface area contributed by atoms with Gasteiger partial charge in [0.15, 0.2) is 5.75 Å². The Morgan fingerprint density at radius 3 is 2.67 bits per heavy atom. The van der Waals surface area contributed by atoms with Crippen molar-refractivity contribution in [3.8, 4) is 17.2 Å². The molecule has 1 fully saturated rings. The quantitative estimate of drug-likeness (QED) is 0.357. The van der Waals surface area contributed by atoms with Crippen molar-refractivity contribution in [2.45, 2.75) is 36.4 Å². The second kappa shape index (κ2) is 8.18. The zero-order valence-electron chi connectivity index (χ0n) is 19.9. The number of phenolic OH excluding ortho intramolecular Hbond substituents is 1. The Morgan fingerprint density at radius 2 is 2.00 bits per heavy atom. The number of ether oxygens (including phenoxy) is 4. The average Bonchev–Trinajstić information content (AvgIpc) is 3.32. The minimum Gasteiger partial charge on any atom is -0.504 e. The molecule has 2 aromatic rings. The number of hydrogen-bond donors (Lipinski definition) is 2. The highest BCUT2D eigenvalue weighted by atomic mass is 16.6. The minimum absolute atomic E-state index is 0.0408. The molecular formula is C24H25N3O9. The standard InChI is InChI=1S/C24H25N3O9/c1-33-18(29)9-8-17-24-23(10-11-26(17)22(30)35-3,13-6-4-5-7-15(13)25-24)14-12-16(28)21(34-2)19(27(31)32)20(14)36-24/h4-7,12,17,25,28H,8-11H2,1-3H3/t17-,23+,24-/m0/s1. The molecule has 0 saturated carbocycles. The number of carbonyl (C=O) groups is 2. The zero-order chi connectivity index (χ0) is 25.8. The number of esters is 1. The van der Waals surface area contributed by atoms with Crippen LogP contribution in [0.1, 0.15) is 30.4 Å². The lowest BCUT2D eigenvalue weighted by atomic mass is 9.63. The van der Waals surface area contributed by atoms with E-state index >= 15 is 0 Å². The number of carbonyl (C=O) groups excluding carboxylic acids is 2. The third-order valence-electron chi connectivity index (χ3n) is 7.47. The third-order valence-corrected chi connectivity index (χ3v) is 7.47. The number of nitrogens with zero attached hydrogens (tertiary/aromatic N) is 2. The number of methoxy groups -OCH3 is 3. The van der Waals surface area contributed by atoms with E-state index in [-0.39, 0.29) is 30.9 Å². The molecule has 2 N–H and O–H groups in total. The van der Waals surface area contributed by atoms with E-state index in [4.69, 9.17) is 18.9 Å². The highest BCUT2D eigenvalue weighted by Gasteiger charge is 2.73. The number of benzene rings is 2. The van der Waals surface area contributed by atoms with Gasteiger partial charge in [0.1, 0.15) is 0 Å². The Balaban J connectivity index is 1.80. The number of amides is 1. The molecule has 190 valence electrons. The summed E-state index contributed by atoms with van der Waals surface area (Å²) in [7, 11) is 3.75. The fourth-order valence-corrected chi connectivity index (χ4v) is 6.10. The second-order valence-corrected chi connectivity index (χ2v) is 8.87. The van der Waals surface area contributed by atoms with Crippen molar-refractivity contribution >= 4 is 23.4 Å². The molecule has 0 unspecified atom stereocenters. The Morgan fingerprint density at radius 1 is 1.25 bits per heavy atom. The minimum atomic E-state index is -1.44. The van der Waals surface area contributed by atoms with Crippen LogP contribution < -0.4 is 14.8 Å². The number of phenols is 1. The maximum atomic E-state index is 12.9. The summed E-state index contributed by atoms with van der Waals surface area (Å²) in [5.74, 6) is -1.27. The highest BCUT2D eigenvalue weighted by molar-refractivity contribution is 5.80. The number of para-hydroxylation sites is 1. The van der Waals surface area contributed by atoms with Crippen molar-refractivity contribution in [1.29, 1.82) is 0 Å². The fourth-order valence-electron chi connectivity index (χ4n) is 6.10. The molecule has 12 heteroatoms. The van der Waals surface area contributed by atoms with E-state index in [1.54, 1.807) is 0 Å². The molecule has 0 radical (unpaired) electrons. The van der Waals surface area contributed by atoms with Crippen molar-refractivity contribution in [2.24, 2.45) is 0 Å². The number of aromatic hydroxyl groups is 1. The molecule has 36 heavy (non-hydrogen) atoms. The van der Waals surface area contributed by atoms with Gasteiger partial charge in [-0.3, -0.25) is 19.8 Å². The van der Waals surface area contributed by atoms with E-state index in [0.717, 1.165) is 11.3 Å². The Bertz CT molecular complexity index is 1280. The molecule has 0 aliphatic carbocycles. The van der Waals surface area contributed by atoms with E-state index in [2.05, 4.69) is 5.32 Å². The number of rotatable bonds is 5. The lowest BCUT2D eigenvalue weighted by molar-refractivity contribution is -0.387. The molecule has 3 aliphatic heterocycles. The van der Waals surface area contributed by atoms with E-state index in [1.807, 2.05) is 24.3 Å². The zero-order valence-corrected chi connectivity index (χ0v) is 19.9. The normalized spacial score (nSPS) is 24.9. The molecule has 5 rings (SSSR count). The van der Waals surface area contributed by atoms with Crippen LogP contribution in [-0.4, -0.2) is 66.6 Å². The SMILES string of the molecule is COC(=O)CC[C@@H]1N(C(=O)OC)CC[C@]23c4ccccc4N[C@]12Oc1c3cc(O)c(OC)c1[N+](=O)[O-]. The van der Waals surface area contributed by atoms with Gasteiger partial charge in [-0.05, 0) is 30.5 Å². The molecule has 3 heterocycles. The summed E-state index contributed by atoms with van der Waals surface area (Å²) < 4.78 is 21.6. The first kappa shape index (κ1) is 23.5. The van der Waals surface area contributed by atoms with Gasteiger partial charge in [0.25, 0.3) is 0 Å². The maximum Gasteiger partial charge on any atom is 0.409 e. The van der Waals surface area contributed by atoms with Gasteiger partial charge in [-0.25, -0.2) is 4.79 Å². The second-order valence-electron chi connectivity index (χ2n) is 8.87. The predicted octanol–water partition coefficient (Wildman–Crippen LogP) is 2.90. The van der Waals surface area contributed by atoms with Gasteiger partial charge in [0.05, 0.1) is 37.7 Å². The van der Waals surface area contributed by atoms with E-state index in [9.17, 15) is 24.8 Å². The number of nitro benzene ring substituents is 1. The molecule has 0 spiro atoms. The van der Waals surface area contributed by atoms with E-state index < -0.39 is 45.6 Å². The molecule has 12 nitrogen and oxygen atoms in total. The summed E-state index contributed by atoms with van der Waals surface area (Å²) in [6.45, 7) is 0.208. The first-order valence-corrected chi connectivity index (χ1v) is 11.3. The molecule has 3 aliphatic rings. The van der Waals surface area contributed by atoms with Gasteiger partial charge in [-0.1, -0.05) is 18.2 Å². The van der Waals surface area contributed by atoms with Crippen molar-refractivity contribution in [1.82, 2.24) is 4.90 Å². The smallest absolute Gasteiger partial charge is 0.409 e. The molecular weight excluding hydrogens is 474 g/mol. The number of piperidine rings is 1. The van der Waals surface area contributed by atoms with Crippen molar-refractivity contribution < 1.29 is 38.6 Å². The van der Waals surface area contributed by atoms with Crippen LogP contribution >= 0.6 is 0 Å². The highest BCUT2D eigenvalue weighted by Crippen LogP contribution is 2.67. The van der Waals surface area contributed by atoms with E-state index in [1.165, 1.54) is 32.3 Å². The van der Waals surface area contributed by atoms with Gasteiger partial charge >= 0.3 is 17.7 Å².